The first kappa shape index (κ1) is 14.4. The molecule has 96 valence electrons. The van der Waals surface area contributed by atoms with Gasteiger partial charge in [-0.2, -0.15) is 5.26 Å². The second kappa shape index (κ2) is 5.79. The highest BCUT2D eigenvalue weighted by atomic mass is 16.1. The lowest BCUT2D eigenvalue weighted by molar-refractivity contribution is -0.127. The van der Waals surface area contributed by atoms with E-state index in [1.54, 1.807) is 6.07 Å². The molecule has 0 N–H and O–H groups in total. The van der Waals surface area contributed by atoms with Gasteiger partial charge in [0, 0.05) is 12.0 Å². The Labute approximate surface area is 109 Å². The second-order valence-corrected chi connectivity index (χ2v) is 5.66. The topological polar surface area (TPSA) is 44.1 Å². The van der Waals surface area contributed by atoms with Crippen molar-refractivity contribution in [1.82, 2.24) is 4.90 Å². The molecule has 0 heterocycles. The molecule has 1 aromatic rings. The van der Waals surface area contributed by atoms with Crippen molar-refractivity contribution in [3.8, 4) is 6.07 Å². The number of ketones is 1. The summed E-state index contributed by atoms with van der Waals surface area (Å²) < 4.78 is 0. The Morgan fingerprint density at radius 2 is 2.06 bits per heavy atom. The third-order valence-electron chi connectivity index (χ3n) is 2.76. The number of carbonyl (C=O) groups excluding carboxylic acids is 1. The average molecular weight is 244 g/mol. The Morgan fingerprint density at radius 1 is 1.39 bits per heavy atom. The van der Waals surface area contributed by atoms with E-state index in [4.69, 9.17) is 5.26 Å². The van der Waals surface area contributed by atoms with Gasteiger partial charge < -0.3 is 0 Å². The zero-order valence-electron chi connectivity index (χ0n) is 11.5. The molecule has 0 spiro atoms. The van der Waals surface area contributed by atoms with E-state index in [2.05, 4.69) is 6.07 Å². The molecule has 0 amide bonds. The van der Waals surface area contributed by atoms with Crippen LogP contribution >= 0.6 is 0 Å². The van der Waals surface area contributed by atoms with E-state index in [9.17, 15) is 4.79 Å². The van der Waals surface area contributed by atoms with Gasteiger partial charge in [-0.25, -0.2) is 0 Å². The lowest BCUT2D eigenvalue weighted by Crippen LogP contribution is -2.33. The normalized spacial score (nSPS) is 11.3. The van der Waals surface area contributed by atoms with Crippen molar-refractivity contribution in [3.63, 3.8) is 0 Å². The number of Topliss-reactive ketones (excluding diaryl/α,β-unsaturated/α-hetero) is 1. The molecule has 0 saturated heterocycles. The molecule has 0 aliphatic carbocycles. The molecule has 0 aliphatic rings. The van der Waals surface area contributed by atoms with Crippen molar-refractivity contribution in [1.29, 1.82) is 5.26 Å². The van der Waals surface area contributed by atoms with Crippen LogP contribution in [-0.4, -0.2) is 24.3 Å². The Morgan fingerprint density at radius 3 is 2.61 bits per heavy atom. The number of carbonyl (C=O) groups is 1. The largest absolute Gasteiger partial charge is 0.298 e. The zero-order chi connectivity index (χ0) is 13.8. The highest BCUT2D eigenvalue weighted by molar-refractivity contribution is 5.85. The number of hydrogen-bond donors (Lipinski definition) is 0. The van der Waals surface area contributed by atoms with Gasteiger partial charge in [0.2, 0.25) is 0 Å². The molecule has 1 aromatic carbocycles. The van der Waals surface area contributed by atoms with Crippen LogP contribution in [0.4, 0.5) is 0 Å². The summed E-state index contributed by atoms with van der Waals surface area (Å²) in [5.41, 5.74) is 1.41. The van der Waals surface area contributed by atoms with Crippen LogP contribution in [-0.2, 0) is 11.3 Å². The molecular formula is C15H20N2O. The average Bonchev–Trinajstić information content (AvgIpc) is 2.27. The molecule has 0 unspecified atom stereocenters. The molecular weight excluding hydrogens is 224 g/mol. The van der Waals surface area contributed by atoms with Crippen LogP contribution in [0.2, 0.25) is 0 Å². The molecule has 3 heteroatoms. The van der Waals surface area contributed by atoms with Gasteiger partial charge in [-0.1, -0.05) is 32.9 Å². The number of nitrogens with zero attached hydrogens (tertiary/aromatic N) is 2. The van der Waals surface area contributed by atoms with Gasteiger partial charge in [0.05, 0.1) is 18.2 Å². The molecule has 18 heavy (non-hydrogen) atoms. The summed E-state index contributed by atoms with van der Waals surface area (Å²) in [7, 11) is 1.92. The standard InChI is InChI=1S/C15H20N2O/c1-15(2,3)14(18)11-17(4)10-13-7-5-6-12(8-13)9-16/h5-8H,10-11H2,1-4H3. The van der Waals surface area contributed by atoms with Crippen LogP contribution in [0.25, 0.3) is 0 Å². The Hall–Kier alpha value is -1.66. The number of nitriles is 1. The molecule has 1 rings (SSSR count). The lowest BCUT2D eigenvalue weighted by Gasteiger charge is -2.22. The fourth-order valence-corrected chi connectivity index (χ4v) is 1.59. The van der Waals surface area contributed by atoms with Gasteiger partial charge >= 0.3 is 0 Å². The fraction of sp³-hybridized carbons (Fsp3) is 0.467. The summed E-state index contributed by atoms with van der Waals surface area (Å²) in [6, 6.07) is 9.60. The number of rotatable bonds is 4. The molecule has 0 atom stereocenters. The Balaban J connectivity index is 2.62. The molecule has 3 nitrogen and oxygen atoms in total. The van der Waals surface area contributed by atoms with E-state index < -0.39 is 0 Å². The third-order valence-corrected chi connectivity index (χ3v) is 2.76. The van der Waals surface area contributed by atoms with Crippen molar-refractivity contribution in [2.75, 3.05) is 13.6 Å². The van der Waals surface area contributed by atoms with Crippen LogP contribution < -0.4 is 0 Å². The summed E-state index contributed by atoms with van der Waals surface area (Å²) in [6.45, 7) is 6.90. The van der Waals surface area contributed by atoms with Gasteiger partial charge in [0.15, 0.2) is 5.78 Å². The van der Waals surface area contributed by atoms with Gasteiger partial charge in [-0.15, -0.1) is 0 Å². The first-order valence-corrected chi connectivity index (χ1v) is 6.04. The van der Waals surface area contributed by atoms with E-state index >= 15 is 0 Å². The van der Waals surface area contributed by atoms with Crippen molar-refractivity contribution in [2.24, 2.45) is 5.41 Å². The van der Waals surface area contributed by atoms with E-state index in [0.29, 0.717) is 18.7 Å². The van der Waals surface area contributed by atoms with Crippen LogP contribution in [0.5, 0.6) is 0 Å². The van der Waals surface area contributed by atoms with E-state index in [-0.39, 0.29) is 11.2 Å². The fourth-order valence-electron chi connectivity index (χ4n) is 1.59. The molecule has 0 saturated carbocycles. The highest BCUT2D eigenvalue weighted by Crippen LogP contribution is 2.15. The maximum atomic E-state index is 11.9. The van der Waals surface area contributed by atoms with Gasteiger partial charge in [0.25, 0.3) is 0 Å². The monoisotopic (exact) mass is 244 g/mol. The molecule has 0 fully saturated rings. The smallest absolute Gasteiger partial charge is 0.152 e. The molecule has 0 radical (unpaired) electrons. The second-order valence-electron chi connectivity index (χ2n) is 5.66. The maximum absolute atomic E-state index is 11.9. The van der Waals surface area contributed by atoms with Crippen molar-refractivity contribution in [3.05, 3.63) is 35.4 Å². The molecule has 0 aliphatic heterocycles. The maximum Gasteiger partial charge on any atom is 0.152 e. The van der Waals surface area contributed by atoms with Crippen molar-refractivity contribution in [2.45, 2.75) is 27.3 Å². The molecule has 0 aromatic heterocycles. The lowest BCUT2D eigenvalue weighted by atomic mass is 9.90. The third kappa shape index (κ3) is 4.31. The van der Waals surface area contributed by atoms with Crippen LogP contribution in [0.3, 0.4) is 0 Å². The Kier molecular flexibility index (Phi) is 4.63. The van der Waals surface area contributed by atoms with Crippen LogP contribution in [0, 0.1) is 16.7 Å². The van der Waals surface area contributed by atoms with Gasteiger partial charge in [-0.05, 0) is 24.7 Å². The SMILES string of the molecule is CN(CC(=O)C(C)(C)C)Cc1cccc(C#N)c1. The van der Waals surface area contributed by atoms with Crippen molar-refractivity contribution >= 4 is 5.78 Å². The first-order chi connectivity index (χ1) is 8.32. The minimum Gasteiger partial charge on any atom is -0.298 e. The van der Waals surface area contributed by atoms with Crippen LogP contribution in [0.15, 0.2) is 24.3 Å². The Bertz CT molecular complexity index is 466. The van der Waals surface area contributed by atoms with E-state index in [0.717, 1.165) is 5.56 Å². The summed E-state index contributed by atoms with van der Waals surface area (Å²) in [5.74, 6) is 0.224. The van der Waals surface area contributed by atoms with Crippen LogP contribution in [0.1, 0.15) is 31.9 Å². The number of likely N-dealkylation sites (N-methyl/N-ethyl adjacent to an activating group) is 1. The van der Waals surface area contributed by atoms with Gasteiger partial charge in [-0.3, -0.25) is 9.69 Å². The highest BCUT2D eigenvalue weighted by Gasteiger charge is 2.22. The first-order valence-electron chi connectivity index (χ1n) is 6.04. The number of hydrogen-bond acceptors (Lipinski definition) is 3. The summed E-state index contributed by atoms with van der Waals surface area (Å²) >= 11 is 0. The minimum absolute atomic E-state index is 0.224. The van der Waals surface area contributed by atoms with Crippen molar-refractivity contribution < 1.29 is 4.79 Å². The zero-order valence-corrected chi connectivity index (χ0v) is 11.5. The van der Waals surface area contributed by atoms with E-state index in [1.807, 2.05) is 50.9 Å². The predicted octanol–water partition coefficient (Wildman–Crippen LogP) is 2.61. The summed E-state index contributed by atoms with van der Waals surface area (Å²) in [6.07, 6.45) is 0. The van der Waals surface area contributed by atoms with Gasteiger partial charge in [0.1, 0.15) is 0 Å². The molecule has 0 bridgehead atoms. The predicted molar refractivity (Wildman–Crippen MR) is 72.0 cm³/mol. The van der Waals surface area contributed by atoms with E-state index in [1.165, 1.54) is 0 Å². The minimum atomic E-state index is -0.303. The quantitative estimate of drug-likeness (QED) is 0.817. The number of benzene rings is 1. The summed E-state index contributed by atoms with van der Waals surface area (Å²) in [4.78, 5) is 13.9. The summed E-state index contributed by atoms with van der Waals surface area (Å²) in [5, 5.41) is 8.83.